The van der Waals surface area contributed by atoms with Crippen LogP contribution in [0.1, 0.15) is 53.6 Å². The second kappa shape index (κ2) is 9.83. The summed E-state index contributed by atoms with van der Waals surface area (Å²) >= 11 is 1.34. The summed E-state index contributed by atoms with van der Waals surface area (Å²) in [5, 5.41) is 4.86. The first-order valence-electron chi connectivity index (χ1n) is 10.4. The van der Waals surface area contributed by atoms with Crippen LogP contribution in [0.4, 0.5) is 9.80 Å². The lowest BCUT2D eigenvalue weighted by Crippen LogP contribution is -2.32. The van der Waals surface area contributed by atoms with E-state index in [-0.39, 0.29) is 23.8 Å². The van der Waals surface area contributed by atoms with E-state index < -0.39 is 27.1 Å². The normalized spacial score (nSPS) is 13.0. The van der Waals surface area contributed by atoms with Gasteiger partial charge < -0.3 is 10.1 Å². The molecule has 32 heavy (non-hydrogen) atoms. The van der Waals surface area contributed by atoms with Crippen molar-refractivity contribution in [2.75, 3.05) is 11.9 Å². The summed E-state index contributed by atoms with van der Waals surface area (Å²) in [6.07, 6.45) is 1.63. The van der Waals surface area contributed by atoms with Crippen molar-refractivity contribution in [3.05, 3.63) is 45.8 Å². The second-order valence-electron chi connectivity index (χ2n) is 7.70. The molecule has 0 saturated carbocycles. The number of imide groups is 1. The zero-order valence-corrected chi connectivity index (χ0v) is 19.8. The van der Waals surface area contributed by atoms with Gasteiger partial charge in [-0.25, -0.2) is 13.2 Å². The molecule has 3 rings (SSSR count). The van der Waals surface area contributed by atoms with E-state index in [1.165, 1.54) is 23.5 Å². The highest BCUT2D eigenvalue weighted by atomic mass is 32.2. The van der Waals surface area contributed by atoms with Gasteiger partial charge in [-0.1, -0.05) is 12.1 Å². The van der Waals surface area contributed by atoms with E-state index in [1.54, 1.807) is 32.9 Å². The van der Waals surface area contributed by atoms with Gasteiger partial charge in [-0.3, -0.25) is 14.9 Å². The fourth-order valence-corrected chi connectivity index (χ4v) is 5.84. The fraction of sp³-hybridized carbons (Fsp3) is 0.409. The van der Waals surface area contributed by atoms with Crippen LogP contribution in [0.2, 0.25) is 0 Å². The van der Waals surface area contributed by atoms with Crippen LogP contribution in [0, 0.1) is 0 Å². The van der Waals surface area contributed by atoms with E-state index in [2.05, 4.69) is 10.6 Å². The van der Waals surface area contributed by atoms with E-state index in [4.69, 9.17) is 4.74 Å². The number of ether oxygens (including phenoxy) is 1. The zero-order chi connectivity index (χ0) is 23.5. The van der Waals surface area contributed by atoms with Gasteiger partial charge in [-0.15, -0.1) is 11.3 Å². The molecular formula is C22H26N2O6S2. The van der Waals surface area contributed by atoms with Crippen LogP contribution in [0.15, 0.2) is 29.2 Å². The van der Waals surface area contributed by atoms with Gasteiger partial charge >= 0.3 is 6.09 Å². The molecule has 0 bridgehead atoms. The number of anilines is 1. The van der Waals surface area contributed by atoms with E-state index in [0.29, 0.717) is 22.5 Å². The fourth-order valence-electron chi connectivity index (χ4n) is 3.48. The molecule has 2 aromatic rings. The summed E-state index contributed by atoms with van der Waals surface area (Å²) in [5.74, 6) is -0.934. The summed E-state index contributed by atoms with van der Waals surface area (Å²) < 4.78 is 29.3. The third kappa shape index (κ3) is 5.18. The van der Waals surface area contributed by atoms with Crippen molar-refractivity contribution in [3.63, 3.8) is 0 Å². The van der Waals surface area contributed by atoms with Gasteiger partial charge in [0, 0.05) is 4.88 Å². The van der Waals surface area contributed by atoms with Crippen molar-refractivity contribution >= 4 is 44.1 Å². The highest BCUT2D eigenvalue weighted by Crippen LogP contribution is 2.39. The number of rotatable bonds is 7. The Morgan fingerprint density at radius 1 is 1.12 bits per heavy atom. The maximum Gasteiger partial charge on any atom is 0.414 e. The highest BCUT2D eigenvalue weighted by Gasteiger charge is 2.28. The average Bonchev–Trinajstić information content (AvgIpc) is 3.28. The molecule has 1 aromatic heterocycles. The highest BCUT2D eigenvalue weighted by molar-refractivity contribution is 7.92. The van der Waals surface area contributed by atoms with Gasteiger partial charge in [-0.2, -0.15) is 0 Å². The Labute approximate surface area is 191 Å². The Morgan fingerprint density at radius 3 is 2.44 bits per heavy atom. The summed E-state index contributed by atoms with van der Waals surface area (Å²) in [6, 6.07) is 6.21. The minimum atomic E-state index is -3.38. The maximum atomic E-state index is 12.7. The van der Waals surface area contributed by atoms with Crippen LogP contribution in [0.5, 0.6) is 0 Å². The Hall–Kier alpha value is -2.72. The summed E-state index contributed by atoms with van der Waals surface area (Å²) in [6.45, 7) is 5.01. The molecule has 2 N–H and O–H groups in total. The molecule has 0 fully saturated rings. The molecule has 0 spiro atoms. The largest absolute Gasteiger partial charge is 0.450 e. The average molecular weight is 479 g/mol. The number of thiophene rings is 1. The molecule has 10 heteroatoms. The van der Waals surface area contributed by atoms with Crippen LogP contribution in [-0.4, -0.2) is 38.2 Å². The number of hydrogen-bond donors (Lipinski definition) is 2. The van der Waals surface area contributed by atoms with Crippen LogP contribution in [-0.2, 0) is 38.6 Å². The van der Waals surface area contributed by atoms with Crippen molar-refractivity contribution in [1.82, 2.24) is 5.32 Å². The van der Waals surface area contributed by atoms with Gasteiger partial charge in [0.05, 0.1) is 28.7 Å². The lowest BCUT2D eigenvalue weighted by atomic mass is 10.1. The quantitative estimate of drug-likeness (QED) is 0.629. The van der Waals surface area contributed by atoms with Crippen molar-refractivity contribution in [1.29, 1.82) is 0 Å². The number of benzene rings is 1. The van der Waals surface area contributed by atoms with Gasteiger partial charge in [0.25, 0.3) is 5.91 Å². The number of carbonyl (C=O) groups excluding carboxylic acids is 3. The Kier molecular flexibility index (Phi) is 7.35. The van der Waals surface area contributed by atoms with Crippen molar-refractivity contribution < 1.29 is 27.5 Å². The summed E-state index contributed by atoms with van der Waals surface area (Å²) in [5.41, 5.74) is 1.81. The number of carbonyl (C=O) groups is 3. The number of sulfone groups is 1. The number of fused-ring (bicyclic) bond motifs is 1. The van der Waals surface area contributed by atoms with E-state index in [0.717, 1.165) is 23.3 Å². The van der Waals surface area contributed by atoms with Crippen molar-refractivity contribution in [3.8, 4) is 0 Å². The summed E-state index contributed by atoms with van der Waals surface area (Å²) in [7, 11) is -3.38. The predicted octanol–water partition coefficient (Wildman–Crippen LogP) is 3.49. The molecule has 1 aliphatic rings. The molecule has 3 amide bonds. The van der Waals surface area contributed by atoms with Crippen molar-refractivity contribution in [2.24, 2.45) is 0 Å². The number of amides is 3. The SMILES string of the molecule is CCOC(=O)NC(=O)c1c(NC(=O)Cc2ccc(S(=O)(=O)C(C)C)cc2)sc2c1CCC2. The van der Waals surface area contributed by atoms with Gasteiger partial charge in [0.15, 0.2) is 9.84 Å². The van der Waals surface area contributed by atoms with E-state index >= 15 is 0 Å². The predicted molar refractivity (Wildman–Crippen MR) is 122 cm³/mol. The standard InChI is InChI=1S/C22H26N2O6S2/c1-4-30-22(27)24-20(26)19-16-6-5-7-17(16)31-21(19)23-18(25)12-14-8-10-15(11-9-14)32(28,29)13(2)3/h8-11,13H,4-7,12H2,1-3H3,(H,23,25)(H,24,26,27). The number of alkyl carbamates (subject to hydrolysis) is 1. The van der Waals surface area contributed by atoms with E-state index in [9.17, 15) is 22.8 Å². The summed E-state index contributed by atoms with van der Waals surface area (Å²) in [4.78, 5) is 38.3. The van der Waals surface area contributed by atoms with Crippen LogP contribution < -0.4 is 10.6 Å². The molecule has 0 atom stereocenters. The molecule has 1 aromatic carbocycles. The Balaban J connectivity index is 1.74. The second-order valence-corrected chi connectivity index (χ2v) is 11.3. The molecule has 0 radical (unpaired) electrons. The molecule has 0 aliphatic heterocycles. The topological polar surface area (TPSA) is 119 Å². The van der Waals surface area contributed by atoms with Crippen LogP contribution >= 0.6 is 11.3 Å². The lowest BCUT2D eigenvalue weighted by Gasteiger charge is -2.10. The molecular weight excluding hydrogens is 452 g/mol. The molecule has 0 unspecified atom stereocenters. The number of hydrogen-bond acceptors (Lipinski definition) is 7. The van der Waals surface area contributed by atoms with Gasteiger partial charge in [0.1, 0.15) is 5.00 Å². The Morgan fingerprint density at radius 2 is 1.81 bits per heavy atom. The molecule has 172 valence electrons. The van der Waals surface area contributed by atoms with Crippen LogP contribution in [0.3, 0.4) is 0 Å². The third-order valence-electron chi connectivity index (χ3n) is 5.13. The Bertz CT molecular complexity index is 1130. The zero-order valence-electron chi connectivity index (χ0n) is 18.2. The first-order valence-corrected chi connectivity index (χ1v) is 12.7. The van der Waals surface area contributed by atoms with E-state index in [1.807, 2.05) is 0 Å². The minimum absolute atomic E-state index is 0.0174. The molecule has 8 nitrogen and oxygen atoms in total. The minimum Gasteiger partial charge on any atom is -0.450 e. The van der Waals surface area contributed by atoms with Crippen LogP contribution in [0.25, 0.3) is 0 Å². The van der Waals surface area contributed by atoms with Gasteiger partial charge in [-0.05, 0) is 63.3 Å². The first kappa shape index (κ1) is 23.9. The van der Waals surface area contributed by atoms with Crippen molar-refractivity contribution in [2.45, 2.75) is 56.6 Å². The van der Waals surface area contributed by atoms with Gasteiger partial charge in [0.2, 0.25) is 5.91 Å². The smallest absolute Gasteiger partial charge is 0.414 e. The third-order valence-corrected chi connectivity index (χ3v) is 8.51. The molecule has 0 saturated heterocycles. The first-order chi connectivity index (χ1) is 15.1. The molecule has 1 aliphatic carbocycles. The lowest BCUT2D eigenvalue weighted by molar-refractivity contribution is -0.115. The number of nitrogens with one attached hydrogen (secondary N) is 2. The monoisotopic (exact) mass is 478 g/mol. The maximum absolute atomic E-state index is 12.7. The molecule has 1 heterocycles. The number of aryl methyl sites for hydroxylation is 1.